The molecule has 7 heteroatoms. The summed E-state index contributed by atoms with van der Waals surface area (Å²) in [6.45, 7) is 0. The van der Waals surface area contributed by atoms with E-state index in [9.17, 15) is 4.79 Å². The van der Waals surface area contributed by atoms with Crippen LogP contribution in [-0.4, -0.2) is 21.1 Å². The highest BCUT2D eigenvalue weighted by atomic mass is 32.2. The standard InChI is InChI=1S/C20H16N4OS2/c25-19(21-16-5-2-1-3-6-16)15-10-8-14(9-11-15)13-27-20-22-18(23-24-20)17-7-4-12-26-17/h1-12H,13H2,(H,21,25)(H,22,23,24). The fourth-order valence-electron chi connectivity index (χ4n) is 2.46. The molecular formula is C20H16N4OS2. The van der Waals surface area contributed by atoms with Crippen molar-refractivity contribution in [1.82, 2.24) is 15.2 Å². The molecule has 134 valence electrons. The number of thioether (sulfide) groups is 1. The number of benzene rings is 2. The minimum absolute atomic E-state index is 0.116. The Kier molecular flexibility index (Phi) is 5.32. The third kappa shape index (κ3) is 4.45. The van der Waals surface area contributed by atoms with Gasteiger partial charge in [-0.1, -0.05) is 48.2 Å². The zero-order valence-corrected chi connectivity index (χ0v) is 15.9. The van der Waals surface area contributed by atoms with Crippen molar-refractivity contribution in [1.29, 1.82) is 0 Å². The number of thiophene rings is 1. The van der Waals surface area contributed by atoms with E-state index in [0.717, 1.165) is 27.7 Å². The average molecular weight is 393 g/mol. The number of hydrogen-bond acceptors (Lipinski definition) is 5. The lowest BCUT2D eigenvalue weighted by molar-refractivity contribution is 0.102. The summed E-state index contributed by atoms with van der Waals surface area (Å²) in [6.07, 6.45) is 0. The number of anilines is 1. The largest absolute Gasteiger partial charge is 0.322 e. The zero-order valence-electron chi connectivity index (χ0n) is 14.3. The summed E-state index contributed by atoms with van der Waals surface area (Å²) in [6, 6.07) is 21.0. The Labute approximate surface area is 164 Å². The molecule has 0 atom stereocenters. The Morgan fingerprint density at radius 2 is 1.85 bits per heavy atom. The third-order valence-corrected chi connectivity index (χ3v) is 5.63. The molecule has 0 bridgehead atoms. The maximum atomic E-state index is 12.3. The number of carbonyl (C=O) groups is 1. The SMILES string of the molecule is O=C(Nc1ccccc1)c1ccc(CSc2n[nH]c(-c3cccs3)n2)cc1. The third-order valence-electron chi connectivity index (χ3n) is 3.84. The second-order valence-electron chi connectivity index (χ2n) is 5.75. The monoisotopic (exact) mass is 392 g/mol. The van der Waals surface area contributed by atoms with Gasteiger partial charge in [-0.3, -0.25) is 9.89 Å². The van der Waals surface area contributed by atoms with Crippen LogP contribution in [0.4, 0.5) is 5.69 Å². The average Bonchev–Trinajstić information content (AvgIpc) is 3.39. The first-order valence-electron chi connectivity index (χ1n) is 8.32. The van der Waals surface area contributed by atoms with Crippen molar-refractivity contribution in [2.45, 2.75) is 10.9 Å². The highest BCUT2D eigenvalue weighted by Gasteiger charge is 2.09. The van der Waals surface area contributed by atoms with Crippen LogP contribution >= 0.6 is 23.1 Å². The molecule has 2 heterocycles. The predicted molar refractivity (Wildman–Crippen MR) is 110 cm³/mol. The van der Waals surface area contributed by atoms with Crippen molar-refractivity contribution >= 4 is 34.7 Å². The fraction of sp³-hybridized carbons (Fsp3) is 0.0500. The first-order valence-corrected chi connectivity index (χ1v) is 10.2. The Hall–Kier alpha value is -2.90. The number of hydrogen-bond donors (Lipinski definition) is 2. The van der Waals surface area contributed by atoms with Gasteiger partial charge in [-0.15, -0.1) is 16.4 Å². The molecule has 27 heavy (non-hydrogen) atoms. The number of aromatic nitrogens is 3. The summed E-state index contributed by atoms with van der Waals surface area (Å²) < 4.78 is 0. The van der Waals surface area contributed by atoms with Gasteiger partial charge in [-0.2, -0.15) is 0 Å². The molecule has 4 rings (SSSR count). The predicted octanol–water partition coefficient (Wildman–Crippen LogP) is 5.08. The Morgan fingerprint density at radius 1 is 1.04 bits per heavy atom. The zero-order chi connectivity index (χ0) is 18.5. The number of rotatable bonds is 6. The highest BCUT2D eigenvalue weighted by Crippen LogP contribution is 2.25. The van der Waals surface area contributed by atoms with E-state index in [1.165, 1.54) is 0 Å². The van der Waals surface area contributed by atoms with Gasteiger partial charge in [-0.05, 0) is 41.3 Å². The summed E-state index contributed by atoms with van der Waals surface area (Å²) >= 11 is 3.19. The second-order valence-corrected chi connectivity index (χ2v) is 7.64. The molecule has 0 aliphatic rings. The van der Waals surface area contributed by atoms with E-state index in [1.54, 1.807) is 23.1 Å². The normalized spacial score (nSPS) is 10.7. The Balaban J connectivity index is 1.35. The fourth-order valence-corrected chi connectivity index (χ4v) is 3.88. The van der Waals surface area contributed by atoms with Gasteiger partial charge in [0.1, 0.15) is 0 Å². The maximum Gasteiger partial charge on any atom is 0.255 e. The number of para-hydroxylation sites is 1. The molecular weight excluding hydrogens is 376 g/mol. The van der Waals surface area contributed by atoms with Crippen molar-refractivity contribution in [3.8, 4) is 10.7 Å². The first kappa shape index (κ1) is 17.5. The van der Waals surface area contributed by atoms with Crippen molar-refractivity contribution in [2.75, 3.05) is 5.32 Å². The van der Waals surface area contributed by atoms with Crippen LogP contribution in [0.3, 0.4) is 0 Å². The van der Waals surface area contributed by atoms with Crippen LogP contribution in [0.25, 0.3) is 10.7 Å². The molecule has 0 unspecified atom stereocenters. The van der Waals surface area contributed by atoms with Gasteiger partial charge < -0.3 is 5.32 Å². The topological polar surface area (TPSA) is 70.7 Å². The lowest BCUT2D eigenvalue weighted by Gasteiger charge is -2.06. The number of aromatic amines is 1. The van der Waals surface area contributed by atoms with Gasteiger partial charge >= 0.3 is 0 Å². The summed E-state index contributed by atoms with van der Waals surface area (Å²) in [4.78, 5) is 17.9. The van der Waals surface area contributed by atoms with Crippen molar-refractivity contribution < 1.29 is 4.79 Å². The minimum Gasteiger partial charge on any atom is -0.322 e. The van der Waals surface area contributed by atoms with E-state index in [0.29, 0.717) is 10.7 Å². The number of nitrogens with one attached hydrogen (secondary N) is 2. The molecule has 0 radical (unpaired) electrons. The van der Waals surface area contributed by atoms with Crippen LogP contribution in [0.5, 0.6) is 0 Å². The molecule has 5 nitrogen and oxygen atoms in total. The van der Waals surface area contributed by atoms with E-state index in [1.807, 2.05) is 72.1 Å². The van der Waals surface area contributed by atoms with Gasteiger partial charge in [0, 0.05) is 17.0 Å². The van der Waals surface area contributed by atoms with E-state index >= 15 is 0 Å². The smallest absolute Gasteiger partial charge is 0.255 e. The Morgan fingerprint density at radius 3 is 2.59 bits per heavy atom. The van der Waals surface area contributed by atoms with Gasteiger partial charge in [0.25, 0.3) is 5.91 Å². The van der Waals surface area contributed by atoms with Crippen LogP contribution < -0.4 is 5.32 Å². The molecule has 2 N–H and O–H groups in total. The second kappa shape index (κ2) is 8.20. The molecule has 0 saturated heterocycles. The van der Waals surface area contributed by atoms with Crippen LogP contribution in [0.2, 0.25) is 0 Å². The quantitative estimate of drug-likeness (QED) is 0.449. The molecule has 0 fully saturated rings. The van der Waals surface area contributed by atoms with Crippen LogP contribution in [0.1, 0.15) is 15.9 Å². The summed E-state index contributed by atoms with van der Waals surface area (Å²) in [5, 5.41) is 12.8. The molecule has 0 aliphatic carbocycles. The van der Waals surface area contributed by atoms with E-state index in [-0.39, 0.29) is 5.91 Å². The molecule has 0 spiro atoms. The number of amides is 1. The molecule has 0 saturated carbocycles. The number of nitrogens with zero attached hydrogens (tertiary/aromatic N) is 2. The van der Waals surface area contributed by atoms with Crippen molar-refractivity contribution in [2.24, 2.45) is 0 Å². The molecule has 0 aliphatic heterocycles. The summed E-state index contributed by atoms with van der Waals surface area (Å²) in [5.74, 6) is 1.41. The maximum absolute atomic E-state index is 12.3. The lowest BCUT2D eigenvalue weighted by atomic mass is 10.1. The Bertz CT molecular complexity index is 1010. The highest BCUT2D eigenvalue weighted by molar-refractivity contribution is 7.98. The van der Waals surface area contributed by atoms with Gasteiger partial charge in [0.2, 0.25) is 5.16 Å². The van der Waals surface area contributed by atoms with Crippen LogP contribution in [0.15, 0.2) is 77.3 Å². The molecule has 2 aromatic carbocycles. The van der Waals surface area contributed by atoms with E-state index in [4.69, 9.17) is 0 Å². The van der Waals surface area contributed by atoms with Gasteiger partial charge in [0.05, 0.1) is 4.88 Å². The van der Waals surface area contributed by atoms with Crippen molar-refractivity contribution in [3.63, 3.8) is 0 Å². The summed E-state index contributed by atoms with van der Waals surface area (Å²) in [7, 11) is 0. The van der Waals surface area contributed by atoms with E-state index in [2.05, 4.69) is 20.5 Å². The lowest BCUT2D eigenvalue weighted by Crippen LogP contribution is -2.11. The van der Waals surface area contributed by atoms with Crippen LogP contribution in [0, 0.1) is 0 Å². The van der Waals surface area contributed by atoms with Gasteiger partial charge in [0.15, 0.2) is 5.82 Å². The summed E-state index contributed by atoms with van der Waals surface area (Å²) in [5.41, 5.74) is 2.53. The molecule has 1 amide bonds. The first-order chi connectivity index (χ1) is 13.3. The van der Waals surface area contributed by atoms with E-state index < -0.39 is 0 Å². The van der Waals surface area contributed by atoms with Crippen molar-refractivity contribution in [3.05, 3.63) is 83.2 Å². The van der Waals surface area contributed by atoms with Gasteiger partial charge in [-0.25, -0.2) is 4.98 Å². The van der Waals surface area contributed by atoms with Crippen LogP contribution in [-0.2, 0) is 5.75 Å². The molecule has 2 aromatic heterocycles. The minimum atomic E-state index is -0.116. The molecule has 4 aromatic rings. The number of carbonyl (C=O) groups excluding carboxylic acids is 1. The number of H-pyrrole nitrogens is 1.